The van der Waals surface area contributed by atoms with Crippen LogP contribution in [0.15, 0.2) is 48.0 Å². The number of aliphatic imine (C=N–C) groups is 1. The second kappa shape index (κ2) is 5.52. The van der Waals surface area contributed by atoms with Crippen LogP contribution >= 0.6 is 0 Å². The van der Waals surface area contributed by atoms with Crippen LogP contribution in [0.4, 0.5) is 5.69 Å². The molecule has 2 aromatic rings. The summed E-state index contributed by atoms with van der Waals surface area (Å²) in [5.41, 5.74) is 11.5. The van der Waals surface area contributed by atoms with Crippen LogP contribution in [0.25, 0.3) is 5.70 Å². The third-order valence-electron chi connectivity index (χ3n) is 3.75. The number of para-hydroxylation sites is 1. The van der Waals surface area contributed by atoms with E-state index in [2.05, 4.69) is 24.6 Å². The molecule has 3 rings (SSSR count). The first-order valence-electron chi connectivity index (χ1n) is 7.20. The summed E-state index contributed by atoms with van der Waals surface area (Å²) >= 11 is 0. The zero-order valence-electron chi connectivity index (χ0n) is 12.2. The molecule has 0 unspecified atom stereocenters. The molecule has 1 saturated carbocycles. The maximum Gasteiger partial charge on any atom is 0.0883 e. The number of hydrogen-bond acceptors (Lipinski definition) is 3. The predicted octanol–water partition coefficient (Wildman–Crippen LogP) is 3.94. The molecule has 0 aliphatic heterocycles. The Morgan fingerprint density at radius 2 is 2.05 bits per heavy atom. The van der Waals surface area contributed by atoms with Crippen molar-refractivity contribution < 1.29 is 0 Å². The fourth-order valence-corrected chi connectivity index (χ4v) is 2.32. The molecule has 3 nitrogen and oxygen atoms in total. The lowest BCUT2D eigenvalue weighted by molar-refractivity contribution is 0.985. The molecule has 1 aliphatic rings. The van der Waals surface area contributed by atoms with Crippen molar-refractivity contribution in [2.45, 2.75) is 25.7 Å². The minimum atomic E-state index is 0.631. The summed E-state index contributed by atoms with van der Waals surface area (Å²) in [6, 6.07) is 11.7. The minimum absolute atomic E-state index is 0.631. The number of aryl methyl sites for hydroxylation is 1. The lowest BCUT2D eigenvalue weighted by Crippen LogP contribution is -1.96. The maximum atomic E-state index is 5.90. The van der Waals surface area contributed by atoms with Crippen molar-refractivity contribution in [1.29, 1.82) is 0 Å². The molecule has 0 saturated heterocycles. The molecule has 1 aromatic carbocycles. The van der Waals surface area contributed by atoms with E-state index in [0.717, 1.165) is 11.3 Å². The van der Waals surface area contributed by atoms with Gasteiger partial charge in [-0.3, -0.25) is 9.98 Å². The van der Waals surface area contributed by atoms with Crippen molar-refractivity contribution in [2.75, 3.05) is 5.73 Å². The molecule has 1 fully saturated rings. The summed E-state index contributed by atoms with van der Waals surface area (Å²) in [5.74, 6) is 0.631. The number of rotatable bonds is 4. The summed E-state index contributed by atoms with van der Waals surface area (Å²) in [6.07, 6.45) is 4.23. The number of benzene rings is 1. The van der Waals surface area contributed by atoms with E-state index >= 15 is 0 Å². The molecule has 1 aliphatic carbocycles. The molecule has 21 heavy (non-hydrogen) atoms. The number of nitrogens with zero attached hydrogens (tertiary/aromatic N) is 2. The van der Waals surface area contributed by atoms with Gasteiger partial charge in [-0.2, -0.15) is 0 Å². The molecule has 0 bridgehead atoms. The predicted molar refractivity (Wildman–Crippen MR) is 88.4 cm³/mol. The standard InChI is InChI=1S/C18H19N3/c1-12-7-10-17(21-18(12)14-8-9-14)13(2)20-11-15-5-3-4-6-16(15)19/h3-7,10-11,14H,2,8-9,19H2,1H3. The van der Waals surface area contributed by atoms with Crippen molar-refractivity contribution >= 4 is 17.6 Å². The lowest BCUT2D eigenvalue weighted by atomic mass is 10.1. The number of nitrogen functional groups attached to an aromatic ring is 1. The van der Waals surface area contributed by atoms with Crippen molar-refractivity contribution in [3.63, 3.8) is 0 Å². The van der Waals surface area contributed by atoms with E-state index in [1.165, 1.54) is 24.1 Å². The average Bonchev–Trinajstić information content (AvgIpc) is 3.31. The first kappa shape index (κ1) is 13.6. The van der Waals surface area contributed by atoms with Crippen molar-refractivity contribution in [3.8, 4) is 0 Å². The summed E-state index contributed by atoms with van der Waals surface area (Å²) in [4.78, 5) is 9.14. The second-order valence-corrected chi connectivity index (χ2v) is 5.51. The highest BCUT2D eigenvalue weighted by molar-refractivity contribution is 5.90. The smallest absolute Gasteiger partial charge is 0.0883 e. The Morgan fingerprint density at radius 1 is 1.29 bits per heavy atom. The van der Waals surface area contributed by atoms with Crippen LogP contribution in [0, 0.1) is 6.92 Å². The minimum Gasteiger partial charge on any atom is -0.398 e. The van der Waals surface area contributed by atoms with Crippen LogP contribution < -0.4 is 5.73 Å². The van der Waals surface area contributed by atoms with Gasteiger partial charge >= 0.3 is 0 Å². The average molecular weight is 277 g/mol. The summed E-state index contributed by atoms with van der Waals surface area (Å²) < 4.78 is 0. The Kier molecular flexibility index (Phi) is 3.57. The third kappa shape index (κ3) is 3.02. The summed E-state index contributed by atoms with van der Waals surface area (Å²) in [7, 11) is 0. The van der Waals surface area contributed by atoms with Crippen LogP contribution in [0.5, 0.6) is 0 Å². The van der Waals surface area contributed by atoms with E-state index in [-0.39, 0.29) is 0 Å². The maximum absolute atomic E-state index is 5.90. The van der Waals surface area contributed by atoms with Gasteiger partial charge in [-0.25, -0.2) is 0 Å². The Morgan fingerprint density at radius 3 is 2.76 bits per heavy atom. The molecule has 2 N–H and O–H groups in total. The van der Waals surface area contributed by atoms with Crippen LogP contribution in [-0.2, 0) is 0 Å². The van der Waals surface area contributed by atoms with Gasteiger partial charge in [0.15, 0.2) is 0 Å². The molecule has 0 atom stereocenters. The number of nitrogens with two attached hydrogens (primary N) is 1. The molecule has 0 amide bonds. The van der Waals surface area contributed by atoms with Gasteiger partial charge in [0.1, 0.15) is 0 Å². The lowest BCUT2D eigenvalue weighted by Gasteiger charge is -2.06. The number of pyridine rings is 1. The van der Waals surface area contributed by atoms with Gasteiger partial charge in [-0.05, 0) is 37.5 Å². The van der Waals surface area contributed by atoms with E-state index in [0.29, 0.717) is 17.3 Å². The van der Waals surface area contributed by atoms with E-state index in [9.17, 15) is 0 Å². The number of hydrogen-bond donors (Lipinski definition) is 1. The molecular formula is C18H19N3. The highest BCUT2D eigenvalue weighted by Gasteiger charge is 2.26. The van der Waals surface area contributed by atoms with Gasteiger partial charge in [-0.1, -0.05) is 30.8 Å². The molecular weight excluding hydrogens is 258 g/mol. The Hall–Kier alpha value is -2.42. The van der Waals surface area contributed by atoms with E-state index in [4.69, 9.17) is 10.7 Å². The normalized spacial score (nSPS) is 14.5. The molecule has 1 heterocycles. The quantitative estimate of drug-likeness (QED) is 0.679. The van der Waals surface area contributed by atoms with Gasteiger partial charge in [0.25, 0.3) is 0 Å². The molecule has 3 heteroatoms. The van der Waals surface area contributed by atoms with E-state index in [1.807, 2.05) is 30.3 Å². The first-order valence-corrected chi connectivity index (χ1v) is 7.20. The van der Waals surface area contributed by atoms with Gasteiger partial charge in [0.2, 0.25) is 0 Å². The van der Waals surface area contributed by atoms with Crippen LogP contribution in [0.1, 0.15) is 41.3 Å². The SMILES string of the molecule is C=C(N=Cc1ccccc1N)c1ccc(C)c(C2CC2)n1. The van der Waals surface area contributed by atoms with Gasteiger partial charge in [0.05, 0.1) is 11.4 Å². The Labute approximate surface area is 125 Å². The van der Waals surface area contributed by atoms with Gasteiger partial charge < -0.3 is 5.73 Å². The van der Waals surface area contributed by atoms with E-state index in [1.54, 1.807) is 6.21 Å². The largest absolute Gasteiger partial charge is 0.398 e. The fourth-order valence-electron chi connectivity index (χ4n) is 2.32. The van der Waals surface area contributed by atoms with Crippen molar-refractivity contribution in [2.24, 2.45) is 4.99 Å². The van der Waals surface area contributed by atoms with E-state index < -0.39 is 0 Å². The Bertz CT molecular complexity index is 712. The zero-order valence-corrected chi connectivity index (χ0v) is 12.2. The summed E-state index contributed by atoms with van der Waals surface area (Å²) in [6.45, 7) is 6.13. The first-order chi connectivity index (χ1) is 10.1. The fraction of sp³-hybridized carbons (Fsp3) is 0.222. The number of anilines is 1. The zero-order chi connectivity index (χ0) is 14.8. The van der Waals surface area contributed by atoms with Crippen molar-refractivity contribution in [1.82, 2.24) is 4.98 Å². The highest BCUT2D eigenvalue weighted by atomic mass is 14.8. The van der Waals surface area contributed by atoms with Crippen molar-refractivity contribution in [3.05, 3.63) is 65.5 Å². The topological polar surface area (TPSA) is 51.3 Å². The molecule has 1 aromatic heterocycles. The monoisotopic (exact) mass is 277 g/mol. The molecule has 0 radical (unpaired) electrons. The Balaban J connectivity index is 1.82. The van der Waals surface area contributed by atoms with Crippen LogP contribution in [0.2, 0.25) is 0 Å². The van der Waals surface area contributed by atoms with Crippen LogP contribution in [0.3, 0.4) is 0 Å². The highest BCUT2D eigenvalue weighted by Crippen LogP contribution is 2.40. The van der Waals surface area contributed by atoms with Gasteiger partial charge in [0, 0.05) is 29.1 Å². The third-order valence-corrected chi connectivity index (χ3v) is 3.75. The second-order valence-electron chi connectivity index (χ2n) is 5.51. The van der Waals surface area contributed by atoms with Crippen LogP contribution in [-0.4, -0.2) is 11.2 Å². The molecule has 0 spiro atoms. The number of aromatic nitrogens is 1. The van der Waals surface area contributed by atoms with Gasteiger partial charge in [-0.15, -0.1) is 0 Å². The molecule has 106 valence electrons. The summed E-state index contributed by atoms with van der Waals surface area (Å²) in [5, 5.41) is 0.